The van der Waals surface area contributed by atoms with Crippen LogP contribution in [0.3, 0.4) is 0 Å². The molecule has 0 saturated carbocycles. The van der Waals surface area contributed by atoms with Crippen molar-refractivity contribution < 1.29 is 4.39 Å². The van der Waals surface area contributed by atoms with Crippen LogP contribution in [-0.4, -0.2) is 9.97 Å². The van der Waals surface area contributed by atoms with Crippen molar-refractivity contribution in [1.82, 2.24) is 9.97 Å². The van der Waals surface area contributed by atoms with Crippen molar-refractivity contribution in [3.63, 3.8) is 0 Å². The minimum absolute atomic E-state index is 0.306. The number of nitrogens with zero attached hydrogens (tertiary/aromatic N) is 2. The molecule has 0 radical (unpaired) electrons. The zero-order chi connectivity index (χ0) is 16.2. The number of rotatable bonds is 4. The van der Waals surface area contributed by atoms with Gasteiger partial charge in [-0.05, 0) is 48.9 Å². The molecule has 2 aromatic carbocycles. The van der Waals surface area contributed by atoms with Gasteiger partial charge in [0, 0.05) is 22.5 Å². The van der Waals surface area contributed by atoms with Crippen LogP contribution in [0.25, 0.3) is 0 Å². The van der Waals surface area contributed by atoms with Gasteiger partial charge in [-0.3, -0.25) is 0 Å². The summed E-state index contributed by atoms with van der Waals surface area (Å²) in [6.07, 6.45) is 1.44. The summed E-state index contributed by atoms with van der Waals surface area (Å²) in [6, 6.07) is 13.5. The van der Waals surface area contributed by atoms with Crippen LogP contribution in [0, 0.1) is 12.7 Å². The van der Waals surface area contributed by atoms with Crippen LogP contribution >= 0.6 is 11.6 Å². The summed E-state index contributed by atoms with van der Waals surface area (Å²) in [6.45, 7) is 1.96. The number of benzene rings is 2. The summed E-state index contributed by atoms with van der Waals surface area (Å²) in [5.74, 6) is 0.892. The van der Waals surface area contributed by atoms with E-state index in [1.54, 1.807) is 18.2 Å². The third-order valence-electron chi connectivity index (χ3n) is 3.22. The molecule has 0 unspecified atom stereocenters. The molecule has 6 heteroatoms. The molecule has 0 amide bonds. The third-order valence-corrected chi connectivity index (χ3v) is 3.45. The summed E-state index contributed by atoms with van der Waals surface area (Å²) < 4.78 is 13.2. The lowest BCUT2D eigenvalue weighted by Crippen LogP contribution is -1.99. The number of halogens is 2. The first kappa shape index (κ1) is 15.2. The lowest BCUT2D eigenvalue weighted by atomic mass is 10.2. The Morgan fingerprint density at radius 2 is 1.74 bits per heavy atom. The van der Waals surface area contributed by atoms with Gasteiger partial charge in [0.2, 0.25) is 0 Å². The predicted molar refractivity (Wildman–Crippen MR) is 91.2 cm³/mol. The number of nitrogens with one attached hydrogen (secondary N) is 2. The van der Waals surface area contributed by atoms with E-state index in [1.165, 1.54) is 18.5 Å². The number of hydrogen-bond donors (Lipinski definition) is 2. The standard InChI is InChI=1S/C17H14ClFN4/c1-11-7-12(18)5-6-15(11)23-17-9-16(20-10-21-17)22-14-4-2-3-13(19)8-14/h2-10H,1H3,(H2,20,21,22,23). The Bertz CT molecular complexity index is 838. The van der Waals surface area contributed by atoms with Crippen LogP contribution in [0.1, 0.15) is 5.56 Å². The Labute approximate surface area is 138 Å². The maximum absolute atomic E-state index is 13.2. The largest absolute Gasteiger partial charge is 0.340 e. The van der Waals surface area contributed by atoms with E-state index in [1.807, 2.05) is 25.1 Å². The Morgan fingerprint density at radius 1 is 0.957 bits per heavy atom. The second-order valence-electron chi connectivity index (χ2n) is 5.01. The van der Waals surface area contributed by atoms with Gasteiger partial charge in [-0.25, -0.2) is 14.4 Å². The van der Waals surface area contributed by atoms with Crippen LogP contribution in [0.15, 0.2) is 54.9 Å². The molecule has 2 N–H and O–H groups in total. The van der Waals surface area contributed by atoms with Crippen LogP contribution in [0.2, 0.25) is 5.02 Å². The first-order valence-corrected chi connectivity index (χ1v) is 7.36. The van der Waals surface area contributed by atoms with E-state index in [-0.39, 0.29) is 5.82 Å². The normalized spacial score (nSPS) is 10.4. The highest BCUT2D eigenvalue weighted by atomic mass is 35.5. The van der Waals surface area contributed by atoms with Crippen molar-refractivity contribution in [1.29, 1.82) is 0 Å². The second-order valence-corrected chi connectivity index (χ2v) is 5.44. The molecular weight excluding hydrogens is 315 g/mol. The van der Waals surface area contributed by atoms with Crippen molar-refractivity contribution in [2.45, 2.75) is 6.92 Å². The Hall–Kier alpha value is -2.66. The maximum Gasteiger partial charge on any atom is 0.135 e. The molecule has 0 saturated heterocycles. The fraction of sp³-hybridized carbons (Fsp3) is 0.0588. The lowest BCUT2D eigenvalue weighted by molar-refractivity contribution is 0.628. The predicted octanol–water partition coefficient (Wildman–Crippen LogP) is 5.06. The highest BCUT2D eigenvalue weighted by Crippen LogP contribution is 2.24. The van der Waals surface area contributed by atoms with Crippen LogP contribution < -0.4 is 10.6 Å². The maximum atomic E-state index is 13.2. The fourth-order valence-corrected chi connectivity index (χ4v) is 2.34. The van der Waals surface area contributed by atoms with E-state index in [2.05, 4.69) is 20.6 Å². The van der Waals surface area contributed by atoms with E-state index < -0.39 is 0 Å². The van der Waals surface area contributed by atoms with Gasteiger partial charge in [0.05, 0.1) is 0 Å². The molecule has 0 bridgehead atoms. The molecule has 0 spiro atoms. The molecule has 0 aliphatic rings. The Balaban J connectivity index is 1.79. The fourth-order valence-electron chi connectivity index (χ4n) is 2.11. The van der Waals surface area contributed by atoms with E-state index in [9.17, 15) is 4.39 Å². The molecule has 23 heavy (non-hydrogen) atoms. The molecule has 116 valence electrons. The highest BCUT2D eigenvalue weighted by molar-refractivity contribution is 6.30. The van der Waals surface area contributed by atoms with Crippen molar-refractivity contribution in [2.24, 2.45) is 0 Å². The van der Waals surface area contributed by atoms with Crippen molar-refractivity contribution in [3.05, 3.63) is 71.3 Å². The average Bonchev–Trinajstić information content (AvgIpc) is 2.51. The van der Waals surface area contributed by atoms with E-state index in [0.717, 1.165) is 11.3 Å². The van der Waals surface area contributed by atoms with Gasteiger partial charge in [-0.15, -0.1) is 0 Å². The summed E-state index contributed by atoms with van der Waals surface area (Å²) >= 11 is 5.95. The molecule has 3 rings (SSSR count). The third kappa shape index (κ3) is 3.96. The van der Waals surface area contributed by atoms with Gasteiger partial charge < -0.3 is 10.6 Å². The monoisotopic (exact) mass is 328 g/mol. The zero-order valence-electron chi connectivity index (χ0n) is 12.3. The molecule has 1 aromatic heterocycles. The first-order valence-electron chi connectivity index (χ1n) is 6.98. The quantitative estimate of drug-likeness (QED) is 0.702. The SMILES string of the molecule is Cc1cc(Cl)ccc1Nc1cc(Nc2cccc(F)c2)ncn1. The van der Waals surface area contributed by atoms with Crippen LogP contribution in [-0.2, 0) is 0 Å². The van der Waals surface area contributed by atoms with Crippen molar-refractivity contribution in [2.75, 3.05) is 10.6 Å². The molecule has 4 nitrogen and oxygen atoms in total. The average molecular weight is 329 g/mol. The minimum atomic E-state index is -0.306. The number of aromatic nitrogens is 2. The van der Waals surface area contributed by atoms with Gasteiger partial charge in [0.1, 0.15) is 23.8 Å². The smallest absolute Gasteiger partial charge is 0.135 e. The Kier molecular flexibility index (Phi) is 4.39. The number of aryl methyl sites for hydroxylation is 1. The zero-order valence-corrected chi connectivity index (χ0v) is 13.1. The first-order chi connectivity index (χ1) is 11.1. The molecular formula is C17H14ClFN4. The number of anilines is 4. The van der Waals surface area contributed by atoms with Crippen molar-refractivity contribution >= 4 is 34.6 Å². The summed E-state index contributed by atoms with van der Waals surface area (Å²) in [5.41, 5.74) is 2.54. The van der Waals surface area contributed by atoms with Gasteiger partial charge >= 0.3 is 0 Å². The van der Waals surface area contributed by atoms with Crippen LogP contribution in [0.5, 0.6) is 0 Å². The van der Waals surface area contributed by atoms with Gasteiger partial charge in [-0.1, -0.05) is 17.7 Å². The lowest BCUT2D eigenvalue weighted by Gasteiger charge is -2.11. The van der Waals surface area contributed by atoms with E-state index in [0.29, 0.717) is 22.3 Å². The van der Waals surface area contributed by atoms with Gasteiger partial charge in [-0.2, -0.15) is 0 Å². The summed E-state index contributed by atoms with van der Waals surface area (Å²) in [7, 11) is 0. The molecule has 0 aliphatic heterocycles. The van der Waals surface area contributed by atoms with Crippen molar-refractivity contribution in [3.8, 4) is 0 Å². The van der Waals surface area contributed by atoms with E-state index >= 15 is 0 Å². The molecule has 1 heterocycles. The second kappa shape index (κ2) is 6.62. The van der Waals surface area contributed by atoms with Crippen LogP contribution in [0.4, 0.5) is 27.4 Å². The minimum Gasteiger partial charge on any atom is -0.340 e. The molecule has 0 fully saturated rings. The van der Waals surface area contributed by atoms with E-state index in [4.69, 9.17) is 11.6 Å². The Morgan fingerprint density at radius 3 is 2.48 bits per heavy atom. The molecule has 0 aliphatic carbocycles. The van der Waals surface area contributed by atoms with Gasteiger partial charge in [0.25, 0.3) is 0 Å². The summed E-state index contributed by atoms with van der Waals surface area (Å²) in [5, 5.41) is 6.94. The highest BCUT2D eigenvalue weighted by Gasteiger charge is 2.04. The topological polar surface area (TPSA) is 49.8 Å². The molecule has 0 atom stereocenters. The number of hydrogen-bond acceptors (Lipinski definition) is 4. The summed E-state index contributed by atoms with van der Waals surface area (Å²) in [4.78, 5) is 8.32. The molecule has 3 aromatic rings. The van der Waals surface area contributed by atoms with Gasteiger partial charge in [0.15, 0.2) is 0 Å².